The molecule has 2 N–H and O–H groups in total. The highest BCUT2D eigenvalue weighted by molar-refractivity contribution is 5.41. The van der Waals surface area contributed by atoms with E-state index in [0.29, 0.717) is 0 Å². The molecule has 2 saturated carbocycles. The Morgan fingerprint density at radius 3 is 2.33 bits per heavy atom. The second kappa shape index (κ2) is 2.62. The Morgan fingerprint density at radius 1 is 1.20 bits per heavy atom. The Hall–Kier alpha value is -0.890. The van der Waals surface area contributed by atoms with Crippen LogP contribution in [0.4, 0.5) is 4.39 Å². The third-order valence-corrected chi connectivity index (χ3v) is 4.22. The second-order valence-corrected chi connectivity index (χ2v) is 5.20. The summed E-state index contributed by atoms with van der Waals surface area (Å²) >= 11 is 0. The lowest BCUT2D eigenvalue weighted by molar-refractivity contribution is 0.498. The number of rotatable bonds is 2. The molecule has 0 aliphatic heterocycles. The minimum Gasteiger partial charge on any atom is -0.324 e. The molecule has 0 aromatic heterocycles. The van der Waals surface area contributed by atoms with Gasteiger partial charge in [-0.15, -0.1) is 0 Å². The molecule has 0 unspecified atom stereocenters. The van der Waals surface area contributed by atoms with Crippen LogP contribution in [-0.4, -0.2) is 5.54 Å². The van der Waals surface area contributed by atoms with Crippen molar-refractivity contribution >= 4 is 0 Å². The van der Waals surface area contributed by atoms with Gasteiger partial charge in [-0.05, 0) is 49.8 Å². The Bertz CT molecular complexity index is 417. The third kappa shape index (κ3) is 1.18. The van der Waals surface area contributed by atoms with E-state index < -0.39 is 0 Å². The number of hydrogen-bond acceptors (Lipinski definition) is 1. The van der Waals surface area contributed by atoms with E-state index in [1.165, 1.54) is 0 Å². The first-order valence-corrected chi connectivity index (χ1v) is 5.63. The van der Waals surface area contributed by atoms with E-state index in [1.807, 2.05) is 6.07 Å². The van der Waals surface area contributed by atoms with Gasteiger partial charge >= 0.3 is 0 Å². The van der Waals surface area contributed by atoms with Crippen molar-refractivity contribution in [2.75, 3.05) is 0 Å². The average Bonchev–Trinajstić information content (AvgIpc) is 3.05. The van der Waals surface area contributed by atoms with E-state index in [9.17, 15) is 4.39 Å². The van der Waals surface area contributed by atoms with Crippen molar-refractivity contribution in [3.05, 3.63) is 35.1 Å². The summed E-state index contributed by atoms with van der Waals surface area (Å²) in [6.45, 7) is 1.80. The summed E-state index contributed by atoms with van der Waals surface area (Å²) in [5.41, 5.74) is 8.21. The molecule has 0 saturated heterocycles. The quantitative estimate of drug-likeness (QED) is 0.789. The number of halogens is 1. The van der Waals surface area contributed by atoms with Crippen molar-refractivity contribution in [1.29, 1.82) is 0 Å². The van der Waals surface area contributed by atoms with Gasteiger partial charge in [0.25, 0.3) is 0 Å². The molecule has 1 aromatic rings. The maximum absolute atomic E-state index is 13.5. The predicted octanol–water partition coefficient (Wildman–Crippen LogP) is 2.66. The molecule has 2 heteroatoms. The van der Waals surface area contributed by atoms with Gasteiger partial charge in [0.2, 0.25) is 0 Å². The topological polar surface area (TPSA) is 26.0 Å². The molecule has 2 aliphatic carbocycles. The summed E-state index contributed by atoms with van der Waals surface area (Å²) in [6, 6.07) is 5.62. The zero-order valence-corrected chi connectivity index (χ0v) is 9.02. The largest absolute Gasteiger partial charge is 0.324 e. The van der Waals surface area contributed by atoms with Crippen molar-refractivity contribution in [3.8, 4) is 0 Å². The van der Waals surface area contributed by atoms with Crippen molar-refractivity contribution in [3.63, 3.8) is 0 Å². The molecule has 15 heavy (non-hydrogen) atoms. The van der Waals surface area contributed by atoms with Crippen LogP contribution in [0.2, 0.25) is 0 Å². The van der Waals surface area contributed by atoms with E-state index in [1.54, 1.807) is 13.0 Å². The molecular weight excluding hydrogens is 189 g/mol. The van der Waals surface area contributed by atoms with Crippen LogP contribution < -0.4 is 5.73 Å². The van der Waals surface area contributed by atoms with Gasteiger partial charge in [0.05, 0.1) is 0 Å². The zero-order chi connectivity index (χ0) is 10.7. The molecule has 0 amide bonds. The van der Waals surface area contributed by atoms with E-state index >= 15 is 0 Å². The van der Waals surface area contributed by atoms with Crippen LogP contribution in [0.1, 0.15) is 36.8 Å². The van der Waals surface area contributed by atoms with Gasteiger partial charge in [0.15, 0.2) is 0 Å². The van der Waals surface area contributed by atoms with Gasteiger partial charge < -0.3 is 5.73 Å². The molecule has 1 nitrogen and oxygen atoms in total. The minimum absolute atomic E-state index is 0.0191. The predicted molar refractivity (Wildman–Crippen MR) is 58.2 cm³/mol. The van der Waals surface area contributed by atoms with Crippen LogP contribution in [0.3, 0.4) is 0 Å². The van der Waals surface area contributed by atoms with E-state index in [2.05, 4.69) is 6.07 Å². The lowest BCUT2D eigenvalue weighted by atomic mass is 9.86. The molecule has 80 valence electrons. The Labute approximate surface area is 89.5 Å². The van der Waals surface area contributed by atoms with Gasteiger partial charge in [-0.2, -0.15) is 0 Å². The molecule has 0 heterocycles. The highest BCUT2D eigenvalue weighted by Gasteiger charge is 2.64. The molecule has 0 bridgehead atoms. The van der Waals surface area contributed by atoms with E-state index in [-0.39, 0.29) is 16.8 Å². The van der Waals surface area contributed by atoms with Crippen LogP contribution in [0.25, 0.3) is 0 Å². The molecule has 1 aromatic carbocycles. The first-order chi connectivity index (χ1) is 7.07. The Kier molecular flexibility index (Phi) is 1.63. The van der Waals surface area contributed by atoms with Crippen LogP contribution >= 0.6 is 0 Å². The number of nitrogens with two attached hydrogens (primary N) is 1. The average molecular weight is 205 g/mol. The molecule has 3 rings (SSSR count). The fourth-order valence-corrected chi connectivity index (χ4v) is 2.70. The van der Waals surface area contributed by atoms with Crippen molar-refractivity contribution in [1.82, 2.24) is 0 Å². The zero-order valence-electron chi connectivity index (χ0n) is 9.02. The fraction of sp³-hybridized carbons (Fsp3) is 0.538. The van der Waals surface area contributed by atoms with E-state index in [4.69, 9.17) is 5.73 Å². The standard InChI is InChI=1S/C13H16FN/c1-9-2-3-10(8-11(9)14)12(4-5-12)13(15)6-7-13/h2-3,8H,4-7,15H2,1H3. The minimum atomic E-state index is -0.0944. The van der Waals surface area contributed by atoms with Gasteiger partial charge in [-0.3, -0.25) is 0 Å². The van der Waals surface area contributed by atoms with Crippen LogP contribution in [0, 0.1) is 12.7 Å². The summed E-state index contributed by atoms with van der Waals surface area (Å²) in [5.74, 6) is -0.0944. The highest BCUT2D eigenvalue weighted by Crippen LogP contribution is 2.63. The third-order valence-electron chi connectivity index (χ3n) is 4.22. The van der Waals surface area contributed by atoms with Gasteiger partial charge in [0.1, 0.15) is 5.82 Å². The molecule has 2 fully saturated rings. The molecular formula is C13H16FN. The molecule has 0 spiro atoms. The summed E-state index contributed by atoms with van der Waals surface area (Å²) in [4.78, 5) is 0. The summed E-state index contributed by atoms with van der Waals surface area (Å²) in [6.07, 6.45) is 4.46. The van der Waals surface area contributed by atoms with Crippen LogP contribution in [-0.2, 0) is 5.41 Å². The van der Waals surface area contributed by atoms with Crippen molar-refractivity contribution in [2.45, 2.75) is 43.6 Å². The molecule has 0 atom stereocenters. The Balaban J connectivity index is 2.03. The van der Waals surface area contributed by atoms with Crippen LogP contribution in [0.15, 0.2) is 18.2 Å². The summed E-state index contributed by atoms with van der Waals surface area (Å²) in [7, 11) is 0. The normalized spacial score (nSPS) is 25.0. The summed E-state index contributed by atoms with van der Waals surface area (Å²) < 4.78 is 13.5. The molecule has 0 radical (unpaired) electrons. The lowest BCUT2D eigenvalue weighted by Gasteiger charge is -2.23. The van der Waals surface area contributed by atoms with Crippen molar-refractivity contribution < 1.29 is 4.39 Å². The Morgan fingerprint density at radius 2 is 1.87 bits per heavy atom. The lowest BCUT2D eigenvalue weighted by Crippen LogP contribution is -2.37. The molecule has 2 aliphatic rings. The summed E-state index contributed by atoms with van der Waals surface area (Å²) in [5, 5.41) is 0. The number of hydrogen-bond donors (Lipinski definition) is 1. The maximum atomic E-state index is 13.5. The first kappa shape index (κ1) is 9.34. The number of aryl methyl sites for hydroxylation is 1. The van der Waals surface area contributed by atoms with Crippen LogP contribution in [0.5, 0.6) is 0 Å². The van der Waals surface area contributed by atoms with Gasteiger partial charge in [0, 0.05) is 11.0 Å². The number of benzene rings is 1. The first-order valence-electron chi connectivity index (χ1n) is 5.63. The smallest absolute Gasteiger partial charge is 0.126 e. The van der Waals surface area contributed by atoms with Gasteiger partial charge in [-0.25, -0.2) is 4.39 Å². The second-order valence-electron chi connectivity index (χ2n) is 5.20. The van der Waals surface area contributed by atoms with Gasteiger partial charge in [-0.1, -0.05) is 12.1 Å². The monoisotopic (exact) mass is 205 g/mol. The van der Waals surface area contributed by atoms with Crippen molar-refractivity contribution in [2.24, 2.45) is 5.73 Å². The highest BCUT2D eigenvalue weighted by atomic mass is 19.1. The SMILES string of the molecule is Cc1ccc(C2(C3(N)CC3)CC2)cc1F. The maximum Gasteiger partial charge on any atom is 0.126 e. The fourth-order valence-electron chi connectivity index (χ4n) is 2.70. The van der Waals surface area contributed by atoms with E-state index in [0.717, 1.165) is 36.8 Å².